The molecule has 1 aliphatic rings. The van der Waals surface area contributed by atoms with Crippen molar-refractivity contribution in [2.45, 2.75) is 5.41 Å². The summed E-state index contributed by atoms with van der Waals surface area (Å²) in [5.74, 6) is 0. The third-order valence-electron chi connectivity index (χ3n) is 15.0. The molecule has 12 aromatic carbocycles. The second kappa shape index (κ2) is 16.5. The van der Waals surface area contributed by atoms with Crippen LogP contribution in [-0.4, -0.2) is 4.57 Å². The average molecular weight is 903 g/mol. The summed E-state index contributed by atoms with van der Waals surface area (Å²) in [6.45, 7) is 0. The van der Waals surface area contributed by atoms with Crippen LogP contribution in [0, 0.1) is 0 Å². The Balaban J connectivity index is 1.07. The zero-order valence-electron chi connectivity index (χ0n) is 39.0. The molecule has 14 rings (SSSR count). The summed E-state index contributed by atoms with van der Waals surface area (Å²) in [4.78, 5) is 2.48. The van der Waals surface area contributed by atoms with Crippen molar-refractivity contribution in [3.63, 3.8) is 0 Å². The maximum atomic E-state index is 2.53. The molecule has 332 valence electrons. The van der Waals surface area contributed by atoms with Crippen molar-refractivity contribution >= 4 is 60.4 Å². The summed E-state index contributed by atoms with van der Waals surface area (Å²) >= 11 is 0. The van der Waals surface area contributed by atoms with Crippen LogP contribution in [0.25, 0.3) is 82.4 Å². The van der Waals surface area contributed by atoms with Crippen molar-refractivity contribution in [3.05, 3.63) is 301 Å². The number of aromatic nitrogens is 1. The molecule has 1 atom stereocenters. The van der Waals surface area contributed by atoms with Gasteiger partial charge in [-0.1, -0.05) is 237 Å². The molecule has 1 heterocycles. The molecule has 1 unspecified atom stereocenters. The number of benzene rings is 12. The standard InChI is InChI=1S/C69H46N2/c1-4-21-48(22-5-1)56-29-14-17-33-63(56)69(52-27-8-3-9-28-52)64-34-18-15-32-59(64)60-42-39-54(45-65(60)69)70(53-38-36-47-20-10-11-26-51(47)44-53)55-40-43-61-62-41-37-50-25-12-13-31-58(50)68(62)71(67(61)46-55)66-35-19-16-30-57(66)49-23-6-2-7-24-49/h1-46H. The molecule has 0 saturated heterocycles. The highest BCUT2D eigenvalue weighted by Crippen LogP contribution is 2.59. The molecule has 2 heteroatoms. The monoisotopic (exact) mass is 902 g/mol. The fraction of sp³-hybridized carbons (Fsp3) is 0.0145. The zero-order chi connectivity index (χ0) is 46.9. The van der Waals surface area contributed by atoms with E-state index in [-0.39, 0.29) is 0 Å². The molecule has 1 aliphatic carbocycles. The smallest absolute Gasteiger partial charge is 0.0720 e. The Morgan fingerprint density at radius 1 is 0.296 bits per heavy atom. The predicted molar refractivity (Wildman–Crippen MR) is 299 cm³/mol. The van der Waals surface area contributed by atoms with Gasteiger partial charge in [-0.2, -0.15) is 0 Å². The Kier molecular flexibility index (Phi) is 9.47. The van der Waals surface area contributed by atoms with Crippen LogP contribution >= 0.6 is 0 Å². The number of hydrogen-bond donors (Lipinski definition) is 0. The highest BCUT2D eigenvalue weighted by molar-refractivity contribution is 6.19. The molecule has 0 saturated carbocycles. The number of para-hydroxylation sites is 1. The fourth-order valence-corrected chi connectivity index (χ4v) is 12.0. The van der Waals surface area contributed by atoms with Crippen LogP contribution in [0.15, 0.2) is 279 Å². The first-order valence-electron chi connectivity index (χ1n) is 24.6. The summed E-state index contributed by atoms with van der Waals surface area (Å²) in [6, 6.07) is 103. The van der Waals surface area contributed by atoms with E-state index in [0.717, 1.165) is 28.3 Å². The van der Waals surface area contributed by atoms with Gasteiger partial charge in [0.05, 0.1) is 22.1 Å². The van der Waals surface area contributed by atoms with E-state index in [2.05, 4.69) is 289 Å². The van der Waals surface area contributed by atoms with Gasteiger partial charge in [0, 0.05) is 38.8 Å². The minimum absolute atomic E-state index is 0.636. The second-order valence-corrected chi connectivity index (χ2v) is 18.8. The predicted octanol–water partition coefficient (Wildman–Crippen LogP) is 18.3. The molecular formula is C69H46N2. The van der Waals surface area contributed by atoms with Gasteiger partial charge in [-0.05, 0) is 109 Å². The molecule has 0 fully saturated rings. The van der Waals surface area contributed by atoms with Gasteiger partial charge in [-0.3, -0.25) is 0 Å². The van der Waals surface area contributed by atoms with Crippen LogP contribution in [0.4, 0.5) is 17.1 Å². The molecule has 2 nitrogen and oxygen atoms in total. The van der Waals surface area contributed by atoms with Crippen LogP contribution < -0.4 is 4.90 Å². The van der Waals surface area contributed by atoms with Crippen molar-refractivity contribution < 1.29 is 0 Å². The van der Waals surface area contributed by atoms with Gasteiger partial charge < -0.3 is 9.47 Å². The van der Waals surface area contributed by atoms with E-state index in [4.69, 9.17) is 0 Å². The Hall–Kier alpha value is -9.24. The van der Waals surface area contributed by atoms with E-state index in [1.807, 2.05) is 0 Å². The van der Waals surface area contributed by atoms with E-state index in [1.165, 1.54) is 93.5 Å². The summed E-state index contributed by atoms with van der Waals surface area (Å²) in [6.07, 6.45) is 0. The largest absolute Gasteiger partial charge is 0.310 e. The number of nitrogens with zero attached hydrogens (tertiary/aromatic N) is 2. The van der Waals surface area contributed by atoms with Gasteiger partial charge in [0.1, 0.15) is 0 Å². The SMILES string of the molecule is c1ccc(-c2ccccc2-n2c3cc(N(c4ccc5c(c4)C(c4ccccc4)(c4ccccc4-c4ccccc4)c4ccccc4-5)c4ccc5ccccc5c4)ccc3c3ccc4ccccc4c32)cc1. The van der Waals surface area contributed by atoms with Crippen LogP contribution in [0.3, 0.4) is 0 Å². The molecule has 0 bridgehead atoms. The topological polar surface area (TPSA) is 8.17 Å². The van der Waals surface area contributed by atoms with E-state index in [9.17, 15) is 0 Å². The summed E-state index contributed by atoms with van der Waals surface area (Å²) in [7, 11) is 0. The van der Waals surface area contributed by atoms with Crippen LogP contribution in [-0.2, 0) is 5.41 Å². The lowest BCUT2D eigenvalue weighted by molar-refractivity contribution is 0.770. The number of anilines is 3. The minimum Gasteiger partial charge on any atom is -0.310 e. The molecule has 1 aromatic heterocycles. The van der Waals surface area contributed by atoms with E-state index in [1.54, 1.807) is 0 Å². The maximum absolute atomic E-state index is 2.53. The summed E-state index contributed by atoms with van der Waals surface area (Å²) < 4.78 is 2.53. The average Bonchev–Trinajstić information content (AvgIpc) is 3.94. The Morgan fingerprint density at radius 2 is 0.803 bits per heavy atom. The normalized spacial score (nSPS) is 14.0. The summed E-state index contributed by atoms with van der Waals surface area (Å²) in [5.41, 5.74) is 18.4. The number of hydrogen-bond acceptors (Lipinski definition) is 1. The van der Waals surface area contributed by atoms with Gasteiger partial charge in [-0.15, -0.1) is 0 Å². The highest BCUT2D eigenvalue weighted by Gasteiger charge is 2.47. The lowest BCUT2D eigenvalue weighted by Crippen LogP contribution is -2.29. The van der Waals surface area contributed by atoms with Crippen LogP contribution in [0.2, 0.25) is 0 Å². The first-order valence-corrected chi connectivity index (χ1v) is 24.6. The van der Waals surface area contributed by atoms with Gasteiger partial charge >= 0.3 is 0 Å². The summed E-state index contributed by atoms with van der Waals surface area (Å²) in [5, 5.41) is 7.28. The lowest BCUT2D eigenvalue weighted by atomic mass is 9.66. The maximum Gasteiger partial charge on any atom is 0.0720 e. The van der Waals surface area contributed by atoms with Crippen molar-refractivity contribution in [1.82, 2.24) is 4.57 Å². The molecule has 13 aromatic rings. The van der Waals surface area contributed by atoms with E-state index < -0.39 is 5.41 Å². The molecule has 0 radical (unpaired) electrons. The minimum atomic E-state index is -0.636. The van der Waals surface area contributed by atoms with Gasteiger partial charge in [0.2, 0.25) is 0 Å². The van der Waals surface area contributed by atoms with Crippen molar-refractivity contribution in [1.29, 1.82) is 0 Å². The van der Waals surface area contributed by atoms with E-state index >= 15 is 0 Å². The fourth-order valence-electron chi connectivity index (χ4n) is 12.0. The molecule has 0 spiro atoms. The van der Waals surface area contributed by atoms with Gasteiger partial charge in [0.15, 0.2) is 0 Å². The van der Waals surface area contributed by atoms with Crippen molar-refractivity contribution in [2.24, 2.45) is 0 Å². The van der Waals surface area contributed by atoms with Gasteiger partial charge in [-0.25, -0.2) is 0 Å². The van der Waals surface area contributed by atoms with Gasteiger partial charge in [0.25, 0.3) is 0 Å². The first kappa shape index (κ1) is 40.8. The van der Waals surface area contributed by atoms with Crippen molar-refractivity contribution in [2.75, 3.05) is 4.90 Å². The Bertz CT molecular complexity index is 4170. The van der Waals surface area contributed by atoms with Crippen LogP contribution in [0.5, 0.6) is 0 Å². The van der Waals surface area contributed by atoms with Crippen molar-refractivity contribution in [3.8, 4) is 39.1 Å². The Morgan fingerprint density at radius 3 is 1.58 bits per heavy atom. The zero-order valence-corrected chi connectivity index (χ0v) is 39.0. The lowest BCUT2D eigenvalue weighted by Gasteiger charge is -2.36. The third-order valence-corrected chi connectivity index (χ3v) is 15.0. The second-order valence-electron chi connectivity index (χ2n) is 18.8. The molecule has 0 amide bonds. The molecular weight excluding hydrogens is 857 g/mol. The number of fused-ring (bicyclic) bond motifs is 9. The van der Waals surface area contributed by atoms with E-state index in [0.29, 0.717) is 0 Å². The quantitative estimate of drug-likeness (QED) is 0.147. The third kappa shape index (κ3) is 6.35. The first-order chi connectivity index (χ1) is 35.2. The number of rotatable bonds is 8. The van der Waals surface area contributed by atoms with Crippen LogP contribution in [0.1, 0.15) is 22.3 Å². The molecule has 71 heavy (non-hydrogen) atoms. The molecule has 0 aliphatic heterocycles. The highest BCUT2D eigenvalue weighted by atomic mass is 15.1. The Labute approximate surface area is 413 Å². The molecule has 0 N–H and O–H groups in total.